The summed E-state index contributed by atoms with van der Waals surface area (Å²) in [4.78, 5) is 28.8. The molecule has 0 spiro atoms. The van der Waals surface area contributed by atoms with Crippen molar-refractivity contribution in [3.8, 4) is 0 Å². The lowest BCUT2D eigenvalue weighted by Gasteiger charge is -1.96. The molecular weight excluding hydrogens is 376 g/mol. The fourth-order valence-corrected chi connectivity index (χ4v) is 0.0577. The number of hydrogen-bond acceptors (Lipinski definition) is 7. The Morgan fingerprint density at radius 3 is 0.857 bits per heavy atom. The number of hydrogen-bond donors (Lipinski definition) is 7. The van der Waals surface area contributed by atoms with E-state index in [1.165, 1.54) is 20.8 Å². The molecule has 0 aliphatic heterocycles. The molecule has 0 aromatic heterocycles. The molecule has 0 heterocycles. The molecule has 7 N–H and O–H groups in total. The van der Waals surface area contributed by atoms with Crippen LogP contribution in [0.1, 0.15) is 34.1 Å². The lowest BCUT2D eigenvalue weighted by Crippen LogP contribution is -2.15. The summed E-state index contributed by atoms with van der Waals surface area (Å²) in [5, 5.41) is 55.6. The van der Waals surface area contributed by atoms with E-state index >= 15 is 0 Å². The SMILES string of the molecule is C=C(C)C(=O)O.C=C(C)C(=O)O.C=C(C)C(=O)O.CCCO.OCC(O)CO. The topological polar surface area (TPSA) is 193 Å². The van der Waals surface area contributed by atoms with Crippen LogP contribution in [0.2, 0.25) is 0 Å². The first-order chi connectivity index (χ1) is 12.7. The molecule has 0 bridgehead atoms. The Kier molecular flexibility index (Phi) is 34.7. The highest BCUT2D eigenvalue weighted by Gasteiger charge is 1.94. The summed E-state index contributed by atoms with van der Waals surface area (Å²) in [7, 11) is 0. The van der Waals surface area contributed by atoms with E-state index in [2.05, 4.69) is 19.7 Å². The Bertz CT molecular complexity index is 370. The van der Waals surface area contributed by atoms with Gasteiger partial charge in [0.1, 0.15) is 6.10 Å². The Labute approximate surface area is 165 Å². The van der Waals surface area contributed by atoms with Crippen molar-refractivity contribution >= 4 is 17.9 Å². The molecule has 0 rings (SSSR count). The van der Waals surface area contributed by atoms with E-state index in [4.69, 9.17) is 35.7 Å². The summed E-state index contributed by atoms with van der Waals surface area (Å²) in [6, 6.07) is 0. The summed E-state index contributed by atoms with van der Waals surface area (Å²) in [6.45, 7) is 15.3. The standard InChI is InChI=1S/3C4H6O2.C3H8O3.C3H8O/c3*1-3(2)4(5)6;4-1-3(6)2-5;1-2-3-4/h3*1H2,2H3,(H,5,6);3-6H,1-2H2;4H,2-3H2,1H3. The van der Waals surface area contributed by atoms with E-state index in [-0.39, 0.29) is 29.9 Å². The molecule has 0 aliphatic carbocycles. The number of carboxylic acids is 3. The van der Waals surface area contributed by atoms with Crippen LogP contribution < -0.4 is 0 Å². The minimum atomic E-state index is -0.954. The molecule has 28 heavy (non-hydrogen) atoms. The average Bonchev–Trinajstić information content (AvgIpc) is 2.62. The highest BCUT2D eigenvalue weighted by molar-refractivity contribution is 5.85. The zero-order valence-corrected chi connectivity index (χ0v) is 16.9. The molecule has 0 aromatic carbocycles. The fourth-order valence-electron chi connectivity index (χ4n) is 0.0577. The van der Waals surface area contributed by atoms with E-state index in [1.54, 1.807) is 0 Å². The third-order valence-electron chi connectivity index (χ3n) is 1.74. The molecule has 0 saturated heterocycles. The number of carbonyl (C=O) groups is 3. The van der Waals surface area contributed by atoms with Crippen molar-refractivity contribution in [3.63, 3.8) is 0 Å². The molecule has 0 saturated carbocycles. The number of carboxylic acid groups (broad SMARTS) is 3. The minimum absolute atomic E-state index is 0.176. The van der Waals surface area contributed by atoms with Gasteiger partial charge in [-0.3, -0.25) is 0 Å². The van der Waals surface area contributed by atoms with Crippen LogP contribution in [0.4, 0.5) is 0 Å². The summed E-state index contributed by atoms with van der Waals surface area (Å²) >= 11 is 0. The third kappa shape index (κ3) is 56.6. The van der Waals surface area contributed by atoms with Crippen molar-refractivity contribution in [1.29, 1.82) is 0 Å². The van der Waals surface area contributed by atoms with Crippen LogP contribution in [0, 0.1) is 0 Å². The number of aliphatic hydroxyl groups excluding tert-OH is 4. The predicted octanol–water partition coefficient (Wildman–Crippen LogP) is 0.662. The zero-order valence-electron chi connectivity index (χ0n) is 16.9. The quantitative estimate of drug-likeness (QED) is 0.306. The average molecular weight is 410 g/mol. The van der Waals surface area contributed by atoms with E-state index in [1.807, 2.05) is 6.92 Å². The molecule has 0 aromatic rings. The first-order valence-electron chi connectivity index (χ1n) is 7.82. The molecule has 0 atom stereocenters. The molecule has 0 amide bonds. The van der Waals surface area contributed by atoms with Crippen molar-refractivity contribution in [2.24, 2.45) is 0 Å². The van der Waals surface area contributed by atoms with Crippen molar-refractivity contribution in [1.82, 2.24) is 0 Å². The van der Waals surface area contributed by atoms with Crippen LogP contribution in [-0.4, -0.2) is 79.6 Å². The molecule has 0 radical (unpaired) electrons. The summed E-state index contributed by atoms with van der Waals surface area (Å²) in [5.74, 6) is -2.81. The molecule has 0 aliphatic rings. The number of aliphatic carboxylic acids is 3. The Morgan fingerprint density at radius 1 is 0.714 bits per heavy atom. The maximum atomic E-state index is 9.60. The largest absolute Gasteiger partial charge is 0.478 e. The second-order valence-corrected chi connectivity index (χ2v) is 5.00. The molecule has 166 valence electrons. The van der Waals surface area contributed by atoms with Gasteiger partial charge < -0.3 is 35.7 Å². The first kappa shape index (κ1) is 36.4. The monoisotopic (exact) mass is 410 g/mol. The van der Waals surface area contributed by atoms with Gasteiger partial charge in [-0.25, -0.2) is 14.4 Å². The normalized spacial score (nSPS) is 8.04. The van der Waals surface area contributed by atoms with E-state index < -0.39 is 24.0 Å². The van der Waals surface area contributed by atoms with Crippen LogP contribution in [0.15, 0.2) is 36.5 Å². The highest BCUT2D eigenvalue weighted by Crippen LogP contribution is 1.82. The van der Waals surface area contributed by atoms with Gasteiger partial charge in [0.05, 0.1) is 13.2 Å². The maximum Gasteiger partial charge on any atom is 0.330 e. The van der Waals surface area contributed by atoms with Gasteiger partial charge in [-0.1, -0.05) is 26.7 Å². The molecule has 0 unspecified atom stereocenters. The van der Waals surface area contributed by atoms with E-state index in [9.17, 15) is 14.4 Å². The number of rotatable bonds is 6. The van der Waals surface area contributed by atoms with Gasteiger partial charge >= 0.3 is 17.9 Å². The van der Waals surface area contributed by atoms with Gasteiger partial charge in [0, 0.05) is 23.3 Å². The smallest absolute Gasteiger partial charge is 0.330 e. The highest BCUT2D eigenvalue weighted by atomic mass is 16.4. The molecule has 0 fully saturated rings. The number of aliphatic hydroxyl groups is 4. The van der Waals surface area contributed by atoms with Crippen LogP contribution in [0.5, 0.6) is 0 Å². The van der Waals surface area contributed by atoms with Gasteiger partial charge in [0.2, 0.25) is 0 Å². The van der Waals surface area contributed by atoms with Crippen molar-refractivity contribution in [2.45, 2.75) is 40.2 Å². The third-order valence-corrected chi connectivity index (χ3v) is 1.74. The van der Waals surface area contributed by atoms with Gasteiger partial charge in [0.25, 0.3) is 0 Å². The fraction of sp³-hybridized carbons (Fsp3) is 0.500. The van der Waals surface area contributed by atoms with Crippen LogP contribution in [0.25, 0.3) is 0 Å². The van der Waals surface area contributed by atoms with Crippen molar-refractivity contribution < 1.29 is 50.1 Å². The van der Waals surface area contributed by atoms with Gasteiger partial charge in [0.15, 0.2) is 0 Å². The minimum Gasteiger partial charge on any atom is -0.478 e. The molecule has 10 heteroatoms. The van der Waals surface area contributed by atoms with Crippen molar-refractivity contribution in [3.05, 3.63) is 36.5 Å². The predicted molar refractivity (Wildman–Crippen MR) is 105 cm³/mol. The van der Waals surface area contributed by atoms with E-state index in [0.29, 0.717) is 6.61 Å². The van der Waals surface area contributed by atoms with Gasteiger partial charge in [-0.05, 0) is 27.2 Å². The maximum absolute atomic E-state index is 9.60. The first-order valence-corrected chi connectivity index (χ1v) is 7.82. The second kappa shape index (κ2) is 26.7. The van der Waals surface area contributed by atoms with Crippen LogP contribution >= 0.6 is 0 Å². The van der Waals surface area contributed by atoms with Gasteiger partial charge in [-0.2, -0.15) is 0 Å². The van der Waals surface area contributed by atoms with Gasteiger partial charge in [-0.15, -0.1) is 0 Å². The summed E-state index contributed by atoms with van der Waals surface area (Å²) in [6.07, 6.45) is -0.0787. The summed E-state index contributed by atoms with van der Waals surface area (Å²) in [5.41, 5.74) is 0.528. The van der Waals surface area contributed by atoms with Crippen LogP contribution in [0.3, 0.4) is 0 Å². The van der Waals surface area contributed by atoms with E-state index in [0.717, 1.165) is 6.42 Å². The van der Waals surface area contributed by atoms with Crippen molar-refractivity contribution in [2.75, 3.05) is 19.8 Å². The molecular formula is C18H34O10. The Balaban J connectivity index is -0.0000000793. The Hall–Kier alpha value is -2.53. The zero-order chi connectivity index (χ0) is 23.9. The lowest BCUT2D eigenvalue weighted by molar-refractivity contribution is -0.133. The lowest BCUT2D eigenvalue weighted by atomic mass is 10.4. The second-order valence-electron chi connectivity index (χ2n) is 5.00. The van der Waals surface area contributed by atoms with Crippen LogP contribution in [-0.2, 0) is 14.4 Å². The summed E-state index contributed by atoms with van der Waals surface area (Å²) < 4.78 is 0. The molecule has 10 nitrogen and oxygen atoms in total. The Morgan fingerprint density at radius 2 is 0.857 bits per heavy atom.